The number of sulfonamides is 1. The van der Waals surface area contributed by atoms with Crippen molar-refractivity contribution in [3.63, 3.8) is 0 Å². The van der Waals surface area contributed by atoms with Crippen molar-refractivity contribution in [2.45, 2.75) is 70.2 Å². The minimum absolute atomic E-state index is 0.0279. The molecule has 10 nitrogen and oxygen atoms in total. The zero-order valence-corrected chi connectivity index (χ0v) is 19.5. The number of nitrogens with one attached hydrogen (secondary N) is 2. The molecular formula is C21H32N4O6S. The standard InChI is InChI=1S/C21H32N4O6S/c1-19(2,3)17(24-18(26)27)21-9-6-20(7-10-21,8-11-21)13-23-15-5-4-14(32(22,30)31)12-16(15)25(28)29/h4-5,12,17,23-24H,6-11,13H2,1-3H3,(H,26,27)(H2,22,30,31). The smallest absolute Gasteiger partial charge is 0.404 e. The Labute approximate surface area is 188 Å². The number of hydrogen-bond donors (Lipinski definition) is 4. The van der Waals surface area contributed by atoms with E-state index in [0.29, 0.717) is 6.54 Å². The first kappa shape index (κ1) is 24.2. The summed E-state index contributed by atoms with van der Waals surface area (Å²) < 4.78 is 23.1. The average Bonchev–Trinajstić information content (AvgIpc) is 2.70. The highest BCUT2D eigenvalue weighted by Gasteiger charge is 2.54. The molecule has 1 amide bonds. The van der Waals surface area contributed by atoms with Gasteiger partial charge in [-0.15, -0.1) is 0 Å². The van der Waals surface area contributed by atoms with Crippen LogP contribution in [0.2, 0.25) is 0 Å². The molecule has 32 heavy (non-hydrogen) atoms. The normalized spacial score (nSPS) is 26.4. The number of nitro benzene ring substituents is 1. The summed E-state index contributed by atoms with van der Waals surface area (Å²) in [6.07, 6.45) is 4.37. The molecule has 178 valence electrons. The lowest BCUT2D eigenvalue weighted by Gasteiger charge is -2.58. The molecule has 3 fully saturated rings. The number of nitrogens with two attached hydrogens (primary N) is 1. The topological polar surface area (TPSA) is 165 Å². The predicted octanol–water partition coefficient (Wildman–Crippen LogP) is 3.68. The quantitative estimate of drug-likeness (QED) is 0.350. The fraction of sp³-hybridized carbons (Fsp3) is 0.667. The van der Waals surface area contributed by atoms with Crippen molar-refractivity contribution in [1.29, 1.82) is 0 Å². The van der Waals surface area contributed by atoms with E-state index in [0.717, 1.165) is 44.6 Å². The molecule has 2 bridgehead atoms. The summed E-state index contributed by atoms with van der Waals surface area (Å²) in [6, 6.07) is 3.48. The first-order valence-electron chi connectivity index (χ1n) is 10.7. The molecule has 11 heteroatoms. The van der Waals surface area contributed by atoms with E-state index in [1.54, 1.807) is 0 Å². The molecule has 1 aromatic rings. The van der Waals surface area contributed by atoms with Gasteiger partial charge in [-0.05, 0) is 66.9 Å². The second-order valence-corrected chi connectivity index (χ2v) is 12.0. The Morgan fingerprint density at radius 3 is 2.22 bits per heavy atom. The van der Waals surface area contributed by atoms with Crippen molar-refractivity contribution in [1.82, 2.24) is 5.32 Å². The summed E-state index contributed by atoms with van der Waals surface area (Å²) >= 11 is 0. The predicted molar refractivity (Wildman–Crippen MR) is 120 cm³/mol. The van der Waals surface area contributed by atoms with Crippen LogP contribution in [-0.2, 0) is 10.0 Å². The summed E-state index contributed by atoms with van der Waals surface area (Å²) in [5, 5.41) is 31.9. The van der Waals surface area contributed by atoms with Gasteiger partial charge in [0.15, 0.2) is 0 Å². The maximum absolute atomic E-state index is 11.5. The van der Waals surface area contributed by atoms with Crippen LogP contribution in [-0.4, -0.2) is 37.1 Å². The third kappa shape index (κ3) is 4.83. The Kier molecular flexibility index (Phi) is 6.20. The second kappa shape index (κ2) is 8.18. The van der Waals surface area contributed by atoms with Gasteiger partial charge in [0.05, 0.1) is 9.82 Å². The lowest BCUT2D eigenvalue weighted by molar-refractivity contribution is -0.384. The molecule has 0 spiro atoms. The number of rotatable bonds is 7. The minimum Gasteiger partial charge on any atom is -0.465 e. The maximum Gasteiger partial charge on any atom is 0.404 e. The largest absolute Gasteiger partial charge is 0.465 e. The van der Waals surface area contributed by atoms with Crippen molar-refractivity contribution in [3.05, 3.63) is 28.3 Å². The van der Waals surface area contributed by atoms with Gasteiger partial charge in [0, 0.05) is 18.7 Å². The lowest BCUT2D eigenvalue weighted by atomic mass is 9.49. The third-order valence-corrected chi connectivity index (χ3v) is 8.27. The molecule has 0 heterocycles. The number of benzene rings is 1. The van der Waals surface area contributed by atoms with Crippen LogP contribution in [0.4, 0.5) is 16.2 Å². The SMILES string of the molecule is CC(C)(C)C(NC(=O)O)C12CCC(CNc3ccc(S(N)(=O)=O)cc3[N+](=O)[O-])(CC1)CC2. The molecule has 1 unspecified atom stereocenters. The van der Waals surface area contributed by atoms with Gasteiger partial charge in [-0.3, -0.25) is 10.1 Å². The molecule has 3 aliphatic carbocycles. The highest BCUT2D eigenvalue weighted by atomic mass is 32.2. The Morgan fingerprint density at radius 2 is 1.78 bits per heavy atom. The van der Waals surface area contributed by atoms with E-state index >= 15 is 0 Å². The minimum atomic E-state index is -4.04. The van der Waals surface area contributed by atoms with Crippen molar-refractivity contribution >= 4 is 27.5 Å². The Morgan fingerprint density at radius 1 is 1.22 bits per heavy atom. The number of nitrogens with zero attached hydrogens (tertiary/aromatic N) is 1. The van der Waals surface area contributed by atoms with E-state index in [4.69, 9.17) is 5.14 Å². The van der Waals surface area contributed by atoms with E-state index in [-0.39, 0.29) is 38.6 Å². The fourth-order valence-corrected chi connectivity index (χ4v) is 6.21. The van der Waals surface area contributed by atoms with Gasteiger partial charge in [-0.25, -0.2) is 18.4 Å². The number of nitro groups is 1. The summed E-state index contributed by atoms with van der Waals surface area (Å²) in [7, 11) is -4.04. The molecule has 3 aliphatic rings. The first-order chi connectivity index (χ1) is 14.7. The lowest BCUT2D eigenvalue weighted by Crippen LogP contribution is -2.59. The van der Waals surface area contributed by atoms with Crippen LogP contribution in [0.25, 0.3) is 0 Å². The summed E-state index contributed by atoms with van der Waals surface area (Å²) in [4.78, 5) is 22.0. The van der Waals surface area contributed by atoms with Crippen molar-refractivity contribution in [3.8, 4) is 0 Å². The second-order valence-electron chi connectivity index (χ2n) is 10.4. The number of amides is 1. The molecule has 0 aliphatic heterocycles. The van der Waals surface area contributed by atoms with E-state index in [2.05, 4.69) is 31.4 Å². The van der Waals surface area contributed by atoms with E-state index in [1.165, 1.54) is 12.1 Å². The van der Waals surface area contributed by atoms with Crippen molar-refractivity contribution in [2.24, 2.45) is 21.4 Å². The molecule has 5 N–H and O–H groups in total. The van der Waals surface area contributed by atoms with Gasteiger partial charge in [-0.2, -0.15) is 0 Å². The highest BCUT2D eigenvalue weighted by Crippen LogP contribution is 2.60. The Bertz CT molecular complexity index is 993. The van der Waals surface area contributed by atoms with Crippen LogP contribution in [0.15, 0.2) is 23.1 Å². The number of hydrogen-bond acceptors (Lipinski definition) is 6. The molecule has 3 saturated carbocycles. The van der Waals surface area contributed by atoms with Gasteiger partial charge in [0.1, 0.15) is 5.69 Å². The van der Waals surface area contributed by atoms with Crippen LogP contribution < -0.4 is 15.8 Å². The highest BCUT2D eigenvalue weighted by molar-refractivity contribution is 7.89. The summed E-state index contributed by atoms with van der Waals surface area (Å²) in [6.45, 7) is 6.71. The van der Waals surface area contributed by atoms with Gasteiger partial charge in [-0.1, -0.05) is 20.8 Å². The molecule has 0 aromatic heterocycles. The fourth-order valence-electron chi connectivity index (χ4n) is 5.67. The molecule has 4 rings (SSSR count). The van der Waals surface area contributed by atoms with Crippen molar-refractivity contribution < 1.29 is 23.2 Å². The molecule has 0 saturated heterocycles. The number of primary sulfonamides is 1. The summed E-state index contributed by atoms with van der Waals surface area (Å²) in [5.74, 6) is 0. The van der Waals surface area contributed by atoms with Gasteiger partial charge >= 0.3 is 6.09 Å². The van der Waals surface area contributed by atoms with Gasteiger partial charge < -0.3 is 15.7 Å². The molecule has 0 radical (unpaired) electrons. The van der Waals surface area contributed by atoms with E-state index in [9.17, 15) is 28.4 Å². The van der Waals surface area contributed by atoms with Gasteiger partial charge in [0.2, 0.25) is 10.0 Å². The van der Waals surface area contributed by atoms with Gasteiger partial charge in [0.25, 0.3) is 5.69 Å². The molecule has 1 atom stereocenters. The molecular weight excluding hydrogens is 436 g/mol. The van der Waals surface area contributed by atoms with Crippen LogP contribution >= 0.6 is 0 Å². The number of anilines is 1. The van der Waals surface area contributed by atoms with Crippen LogP contribution in [0.3, 0.4) is 0 Å². The number of fused-ring (bicyclic) bond motifs is 3. The zero-order valence-electron chi connectivity index (χ0n) is 18.7. The van der Waals surface area contributed by atoms with E-state index in [1.807, 2.05) is 0 Å². The monoisotopic (exact) mass is 468 g/mol. The van der Waals surface area contributed by atoms with Crippen LogP contribution in [0.1, 0.15) is 59.3 Å². The molecule has 1 aromatic carbocycles. The first-order valence-corrected chi connectivity index (χ1v) is 12.3. The third-order valence-electron chi connectivity index (χ3n) is 7.35. The van der Waals surface area contributed by atoms with Crippen molar-refractivity contribution in [2.75, 3.05) is 11.9 Å². The Hall–Kier alpha value is -2.40. The zero-order chi connectivity index (χ0) is 23.9. The van der Waals surface area contributed by atoms with E-state index < -0.39 is 21.0 Å². The average molecular weight is 469 g/mol. The number of carbonyl (C=O) groups is 1. The Balaban J connectivity index is 1.75. The maximum atomic E-state index is 11.5. The van der Waals surface area contributed by atoms with Crippen LogP contribution in [0, 0.1) is 26.4 Å². The number of carboxylic acid groups (broad SMARTS) is 1. The van der Waals surface area contributed by atoms with Crippen LogP contribution in [0.5, 0.6) is 0 Å². The summed E-state index contributed by atoms with van der Waals surface area (Å²) in [5.41, 5.74) is -0.382.